The third kappa shape index (κ3) is 2.53. The first-order valence-corrected chi connectivity index (χ1v) is 5.32. The molecular formula is C13H12FNO2. The Morgan fingerprint density at radius 3 is 2.59 bits per heavy atom. The molecule has 0 aliphatic rings. The van der Waals surface area contributed by atoms with Crippen LogP contribution in [0.4, 0.5) is 4.39 Å². The lowest BCUT2D eigenvalue weighted by molar-refractivity contribution is 0.321. The summed E-state index contributed by atoms with van der Waals surface area (Å²) in [5.74, 6) is -0.170. The van der Waals surface area contributed by atoms with Crippen LogP contribution >= 0.6 is 0 Å². The van der Waals surface area contributed by atoms with Crippen LogP contribution in [0, 0.1) is 5.82 Å². The maximum atomic E-state index is 13.6. The van der Waals surface area contributed by atoms with Crippen LogP contribution < -0.4 is 10.3 Å². The molecule has 1 aromatic heterocycles. The molecule has 0 saturated carbocycles. The lowest BCUT2D eigenvalue weighted by atomic mass is 10.1. The van der Waals surface area contributed by atoms with Crippen LogP contribution in [-0.2, 0) is 0 Å². The van der Waals surface area contributed by atoms with Crippen molar-refractivity contribution < 1.29 is 9.13 Å². The standard InChI is InChI=1S/C13H12FNO2/c1-2-17-12-5-3-9(7-11(12)14)10-4-6-13(16)15-8-10/h3-8H,2H2,1H3,(H,15,16). The first-order chi connectivity index (χ1) is 8.20. The minimum atomic E-state index is -0.407. The Morgan fingerprint density at radius 2 is 2.00 bits per heavy atom. The largest absolute Gasteiger partial charge is 0.491 e. The molecule has 3 nitrogen and oxygen atoms in total. The summed E-state index contributed by atoms with van der Waals surface area (Å²) in [5, 5.41) is 0. The number of nitrogens with one attached hydrogen (secondary N) is 1. The third-order valence-corrected chi connectivity index (χ3v) is 2.35. The van der Waals surface area contributed by atoms with Gasteiger partial charge in [0.25, 0.3) is 0 Å². The number of H-pyrrole nitrogens is 1. The van der Waals surface area contributed by atoms with Gasteiger partial charge in [0.05, 0.1) is 6.61 Å². The average molecular weight is 233 g/mol. The fourth-order valence-electron chi connectivity index (χ4n) is 1.54. The van der Waals surface area contributed by atoms with E-state index in [1.165, 1.54) is 12.1 Å². The van der Waals surface area contributed by atoms with Gasteiger partial charge in [-0.3, -0.25) is 4.79 Å². The second kappa shape index (κ2) is 4.82. The van der Waals surface area contributed by atoms with Gasteiger partial charge >= 0.3 is 0 Å². The molecule has 1 aromatic carbocycles. The van der Waals surface area contributed by atoms with Crippen molar-refractivity contribution in [2.75, 3.05) is 6.61 Å². The molecule has 0 atom stereocenters. The number of aromatic nitrogens is 1. The predicted molar refractivity (Wildman–Crippen MR) is 63.6 cm³/mol. The van der Waals surface area contributed by atoms with E-state index in [1.807, 2.05) is 0 Å². The van der Waals surface area contributed by atoms with Gasteiger partial charge in [0, 0.05) is 12.3 Å². The second-order valence-electron chi connectivity index (χ2n) is 3.52. The number of benzene rings is 1. The maximum Gasteiger partial charge on any atom is 0.247 e. The smallest absolute Gasteiger partial charge is 0.247 e. The zero-order chi connectivity index (χ0) is 12.3. The van der Waals surface area contributed by atoms with Crippen molar-refractivity contribution in [2.45, 2.75) is 6.92 Å². The Hall–Kier alpha value is -2.10. The first kappa shape index (κ1) is 11.4. The van der Waals surface area contributed by atoms with E-state index < -0.39 is 5.82 Å². The summed E-state index contributed by atoms with van der Waals surface area (Å²) in [7, 11) is 0. The SMILES string of the molecule is CCOc1ccc(-c2ccc(=O)[nH]c2)cc1F. The molecule has 0 fully saturated rings. The lowest BCUT2D eigenvalue weighted by Gasteiger charge is -2.06. The fraction of sp³-hybridized carbons (Fsp3) is 0.154. The number of ether oxygens (including phenoxy) is 1. The van der Waals surface area contributed by atoms with E-state index in [-0.39, 0.29) is 11.3 Å². The Labute approximate surface area is 97.9 Å². The Kier molecular flexibility index (Phi) is 3.23. The van der Waals surface area contributed by atoms with Crippen LogP contribution in [0.2, 0.25) is 0 Å². The van der Waals surface area contributed by atoms with Crippen molar-refractivity contribution in [2.24, 2.45) is 0 Å². The minimum absolute atomic E-state index is 0.180. The summed E-state index contributed by atoms with van der Waals surface area (Å²) in [6.45, 7) is 2.23. The van der Waals surface area contributed by atoms with E-state index in [4.69, 9.17) is 4.74 Å². The Morgan fingerprint density at radius 1 is 1.24 bits per heavy atom. The van der Waals surface area contributed by atoms with Crippen molar-refractivity contribution in [3.8, 4) is 16.9 Å². The molecule has 0 saturated heterocycles. The van der Waals surface area contributed by atoms with Crippen LogP contribution in [0.15, 0.2) is 41.3 Å². The van der Waals surface area contributed by atoms with Crippen molar-refractivity contribution in [1.29, 1.82) is 0 Å². The summed E-state index contributed by atoms with van der Waals surface area (Å²) in [6, 6.07) is 7.78. The van der Waals surface area contributed by atoms with Gasteiger partial charge in [0.1, 0.15) is 0 Å². The second-order valence-corrected chi connectivity index (χ2v) is 3.52. The number of hydrogen-bond acceptors (Lipinski definition) is 2. The van der Waals surface area contributed by atoms with Crippen molar-refractivity contribution in [1.82, 2.24) is 4.98 Å². The van der Waals surface area contributed by atoms with Gasteiger partial charge in [0.15, 0.2) is 11.6 Å². The Balaban J connectivity index is 2.37. The molecule has 0 aliphatic carbocycles. The summed E-state index contributed by atoms with van der Waals surface area (Å²) in [5.41, 5.74) is 1.27. The highest BCUT2D eigenvalue weighted by atomic mass is 19.1. The molecule has 0 bridgehead atoms. The highest BCUT2D eigenvalue weighted by Crippen LogP contribution is 2.24. The van der Waals surface area contributed by atoms with Gasteiger partial charge in [-0.05, 0) is 36.2 Å². The molecule has 0 aliphatic heterocycles. The third-order valence-electron chi connectivity index (χ3n) is 2.35. The molecule has 17 heavy (non-hydrogen) atoms. The molecule has 2 aromatic rings. The van der Waals surface area contributed by atoms with Gasteiger partial charge in [-0.2, -0.15) is 0 Å². The normalized spacial score (nSPS) is 10.2. The van der Waals surface area contributed by atoms with Crippen molar-refractivity contribution in [3.63, 3.8) is 0 Å². The van der Waals surface area contributed by atoms with Crippen LogP contribution in [0.3, 0.4) is 0 Å². The molecular weight excluding hydrogens is 221 g/mol. The van der Waals surface area contributed by atoms with E-state index in [9.17, 15) is 9.18 Å². The van der Waals surface area contributed by atoms with E-state index in [0.29, 0.717) is 12.2 Å². The molecule has 0 spiro atoms. The molecule has 1 N–H and O–H groups in total. The summed E-state index contributed by atoms with van der Waals surface area (Å²) in [6.07, 6.45) is 1.55. The molecule has 1 heterocycles. The fourth-order valence-corrected chi connectivity index (χ4v) is 1.54. The van der Waals surface area contributed by atoms with E-state index in [2.05, 4.69) is 4.98 Å². The van der Waals surface area contributed by atoms with E-state index >= 15 is 0 Å². The van der Waals surface area contributed by atoms with Gasteiger partial charge in [-0.25, -0.2) is 4.39 Å². The number of hydrogen-bond donors (Lipinski definition) is 1. The quantitative estimate of drug-likeness (QED) is 0.885. The predicted octanol–water partition coefficient (Wildman–Crippen LogP) is 2.58. The van der Waals surface area contributed by atoms with Gasteiger partial charge in [-0.1, -0.05) is 6.07 Å². The summed E-state index contributed by atoms with van der Waals surface area (Å²) < 4.78 is 18.7. The summed E-state index contributed by atoms with van der Waals surface area (Å²) >= 11 is 0. The molecule has 4 heteroatoms. The topological polar surface area (TPSA) is 42.1 Å². The molecule has 88 valence electrons. The zero-order valence-electron chi connectivity index (χ0n) is 9.37. The number of halogens is 1. The van der Waals surface area contributed by atoms with Crippen LogP contribution in [0.25, 0.3) is 11.1 Å². The monoisotopic (exact) mass is 233 g/mol. The van der Waals surface area contributed by atoms with Crippen LogP contribution in [0.5, 0.6) is 5.75 Å². The lowest BCUT2D eigenvalue weighted by Crippen LogP contribution is -2.01. The van der Waals surface area contributed by atoms with Crippen LogP contribution in [0.1, 0.15) is 6.92 Å². The highest BCUT2D eigenvalue weighted by Gasteiger charge is 2.05. The number of pyridine rings is 1. The first-order valence-electron chi connectivity index (χ1n) is 5.32. The highest BCUT2D eigenvalue weighted by molar-refractivity contribution is 5.63. The van der Waals surface area contributed by atoms with Gasteiger partial charge in [-0.15, -0.1) is 0 Å². The van der Waals surface area contributed by atoms with Crippen molar-refractivity contribution in [3.05, 3.63) is 52.7 Å². The zero-order valence-corrected chi connectivity index (χ0v) is 9.37. The number of aromatic amines is 1. The van der Waals surface area contributed by atoms with E-state index in [0.717, 1.165) is 5.56 Å². The number of rotatable bonds is 3. The maximum absolute atomic E-state index is 13.6. The molecule has 0 radical (unpaired) electrons. The van der Waals surface area contributed by atoms with E-state index in [1.54, 1.807) is 31.3 Å². The van der Waals surface area contributed by atoms with Gasteiger partial charge in [0.2, 0.25) is 5.56 Å². The molecule has 0 amide bonds. The molecule has 0 unspecified atom stereocenters. The summed E-state index contributed by atoms with van der Waals surface area (Å²) in [4.78, 5) is 13.5. The van der Waals surface area contributed by atoms with Crippen molar-refractivity contribution >= 4 is 0 Å². The molecule has 2 rings (SSSR count). The average Bonchev–Trinajstić information content (AvgIpc) is 2.33. The van der Waals surface area contributed by atoms with Gasteiger partial charge < -0.3 is 9.72 Å². The minimum Gasteiger partial charge on any atom is -0.491 e. The van der Waals surface area contributed by atoms with Crippen LogP contribution in [-0.4, -0.2) is 11.6 Å². The Bertz CT molecular complexity index is 557.